The smallest absolute Gasteiger partial charge is 0.232 e. The molecule has 0 saturated heterocycles. The quantitative estimate of drug-likeness (QED) is 0.887. The lowest BCUT2D eigenvalue weighted by Gasteiger charge is -2.24. The number of hydrogen-bond acceptors (Lipinski definition) is 4. The molecule has 5 heteroatoms. The van der Waals surface area contributed by atoms with E-state index in [0.717, 1.165) is 24.8 Å². The molecule has 0 aliphatic heterocycles. The van der Waals surface area contributed by atoms with E-state index in [4.69, 9.17) is 5.73 Å². The molecule has 3 N–H and O–H groups in total. The van der Waals surface area contributed by atoms with E-state index < -0.39 is 5.41 Å². The van der Waals surface area contributed by atoms with Gasteiger partial charge in [0.1, 0.15) is 11.1 Å². The highest BCUT2D eigenvalue weighted by Gasteiger charge is 2.31. The fraction of sp³-hybridized carbons (Fsp3) is 0.571. The zero-order chi connectivity index (χ0) is 14.0. The minimum absolute atomic E-state index is 0.0890. The first-order chi connectivity index (χ1) is 9.05. The van der Waals surface area contributed by atoms with Gasteiger partial charge in [-0.25, -0.2) is 0 Å². The molecule has 1 atom stereocenters. The summed E-state index contributed by atoms with van der Waals surface area (Å²) in [5.74, 6) is -0.0890. The van der Waals surface area contributed by atoms with Gasteiger partial charge in [0.05, 0.1) is 11.0 Å². The second-order valence-electron chi connectivity index (χ2n) is 5.25. The number of nitrogens with one attached hydrogen (secondary N) is 1. The number of rotatable bonds is 4. The Bertz CT molecular complexity index is 538. The van der Waals surface area contributed by atoms with Crippen LogP contribution in [0.25, 0.3) is 0 Å². The number of nitrogens with two attached hydrogens (primary N) is 1. The first kappa shape index (κ1) is 14.0. The van der Waals surface area contributed by atoms with E-state index in [2.05, 4.69) is 11.4 Å². The highest BCUT2D eigenvalue weighted by Crippen LogP contribution is 2.39. The second-order valence-corrected chi connectivity index (χ2v) is 6.35. The van der Waals surface area contributed by atoms with Crippen molar-refractivity contribution in [2.24, 2.45) is 11.1 Å². The van der Waals surface area contributed by atoms with Crippen LogP contribution in [0.15, 0.2) is 0 Å². The van der Waals surface area contributed by atoms with Crippen LogP contribution in [-0.2, 0) is 17.6 Å². The van der Waals surface area contributed by atoms with E-state index in [1.807, 2.05) is 13.8 Å². The number of nitrogens with zero attached hydrogens (tertiary/aromatic N) is 1. The summed E-state index contributed by atoms with van der Waals surface area (Å²) in [5, 5.41) is 12.9. The van der Waals surface area contributed by atoms with Crippen molar-refractivity contribution in [3.63, 3.8) is 0 Å². The Morgan fingerprint density at radius 1 is 1.58 bits per heavy atom. The van der Waals surface area contributed by atoms with Crippen molar-refractivity contribution >= 4 is 22.2 Å². The molecular formula is C14H19N3OS. The summed E-state index contributed by atoms with van der Waals surface area (Å²) in [6.45, 7) is 4.12. The highest BCUT2D eigenvalue weighted by atomic mass is 32.1. The molecule has 1 aliphatic carbocycles. The van der Waals surface area contributed by atoms with Crippen molar-refractivity contribution in [1.29, 1.82) is 5.26 Å². The molecule has 19 heavy (non-hydrogen) atoms. The third kappa shape index (κ3) is 2.38. The predicted octanol–water partition coefficient (Wildman–Crippen LogP) is 2.42. The Balaban J connectivity index is 2.26. The van der Waals surface area contributed by atoms with Crippen molar-refractivity contribution in [1.82, 2.24) is 0 Å². The van der Waals surface area contributed by atoms with Crippen molar-refractivity contribution in [3.05, 3.63) is 16.0 Å². The molecule has 2 rings (SSSR count). The average Bonchev–Trinajstić information content (AvgIpc) is 2.97. The van der Waals surface area contributed by atoms with E-state index in [1.54, 1.807) is 11.3 Å². The largest absolute Gasteiger partial charge is 0.329 e. The molecule has 4 nitrogen and oxygen atoms in total. The van der Waals surface area contributed by atoms with Gasteiger partial charge < -0.3 is 11.1 Å². The number of amides is 1. The van der Waals surface area contributed by atoms with Gasteiger partial charge in [-0.3, -0.25) is 4.79 Å². The molecule has 1 aliphatic rings. The van der Waals surface area contributed by atoms with Gasteiger partial charge in [-0.05, 0) is 38.2 Å². The van der Waals surface area contributed by atoms with E-state index in [1.165, 1.54) is 4.88 Å². The van der Waals surface area contributed by atoms with Crippen LogP contribution in [0.4, 0.5) is 5.00 Å². The minimum atomic E-state index is -0.568. The normalized spacial score (nSPS) is 16.5. The van der Waals surface area contributed by atoms with Crippen LogP contribution in [-0.4, -0.2) is 12.5 Å². The van der Waals surface area contributed by atoms with E-state index in [0.29, 0.717) is 23.5 Å². The van der Waals surface area contributed by atoms with E-state index >= 15 is 0 Å². The van der Waals surface area contributed by atoms with Crippen molar-refractivity contribution in [2.75, 3.05) is 11.9 Å². The number of anilines is 1. The lowest BCUT2D eigenvalue weighted by Crippen LogP contribution is -2.39. The van der Waals surface area contributed by atoms with Gasteiger partial charge in [0.25, 0.3) is 0 Å². The highest BCUT2D eigenvalue weighted by molar-refractivity contribution is 7.16. The molecule has 0 fully saturated rings. The number of nitriles is 1. The zero-order valence-electron chi connectivity index (χ0n) is 11.4. The Morgan fingerprint density at radius 3 is 2.89 bits per heavy atom. The molecule has 1 aromatic rings. The lowest BCUT2D eigenvalue weighted by atomic mass is 9.87. The van der Waals surface area contributed by atoms with Gasteiger partial charge in [-0.15, -0.1) is 11.3 Å². The Labute approximate surface area is 117 Å². The standard InChI is InChI=1S/C14H19N3OS/c1-3-14(2,8-16)13(18)17-12-10(7-15)9-5-4-6-11(9)19-12/h3-6,8,16H2,1-2H3,(H,17,18). The van der Waals surface area contributed by atoms with Crippen LogP contribution in [0, 0.1) is 16.7 Å². The summed E-state index contributed by atoms with van der Waals surface area (Å²) >= 11 is 1.54. The first-order valence-corrected chi connectivity index (χ1v) is 7.43. The molecule has 1 amide bonds. The predicted molar refractivity (Wildman–Crippen MR) is 77.1 cm³/mol. The lowest BCUT2D eigenvalue weighted by molar-refractivity contribution is -0.124. The summed E-state index contributed by atoms with van der Waals surface area (Å²) in [5.41, 5.74) is 6.91. The second kappa shape index (κ2) is 5.32. The topological polar surface area (TPSA) is 78.9 Å². The fourth-order valence-electron chi connectivity index (χ4n) is 2.26. The number of aryl methyl sites for hydroxylation is 1. The summed E-state index contributed by atoms with van der Waals surface area (Å²) in [6.07, 6.45) is 3.76. The van der Waals surface area contributed by atoms with E-state index in [9.17, 15) is 10.1 Å². The van der Waals surface area contributed by atoms with Gasteiger partial charge in [-0.1, -0.05) is 6.92 Å². The first-order valence-electron chi connectivity index (χ1n) is 6.62. The molecule has 0 aromatic carbocycles. The number of thiophene rings is 1. The maximum atomic E-state index is 12.3. The molecule has 1 unspecified atom stereocenters. The van der Waals surface area contributed by atoms with Gasteiger partial charge >= 0.3 is 0 Å². The average molecular weight is 277 g/mol. The fourth-order valence-corrected chi connectivity index (χ4v) is 3.50. The Kier molecular flexibility index (Phi) is 3.93. The number of hydrogen-bond donors (Lipinski definition) is 2. The van der Waals surface area contributed by atoms with Gasteiger partial charge in [-0.2, -0.15) is 5.26 Å². The molecule has 0 radical (unpaired) electrons. The molecule has 0 bridgehead atoms. The summed E-state index contributed by atoms with van der Waals surface area (Å²) < 4.78 is 0. The van der Waals surface area contributed by atoms with Crippen molar-refractivity contribution in [2.45, 2.75) is 39.5 Å². The minimum Gasteiger partial charge on any atom is -0.329 e. The maximum absolute atomic E-state index is 12.3. The third-order valence-corrected chi connectivity index (χ3v) is 5.25. The van der Waals surface area contributed by atoms with Gasteiger partial charge in [0.2, 0.25) is 5.91 Å². The van der Waals surface area contributed by atoms with Crippen LogP contribution in [0.2, 0.25) is 0 Å². The summed E-state index contributed by atoms with van der Waals surface area (Å²) in [7, 11) is 0. The molecule has 1 heterocycles. The Hall–Kier alpha value is -1.38. The van der Waals surface area contributed by atoms with Crippen molar-refractivity contribution < 1.29 is 4.79 Å². The van der Waals surface area contributed by atoms with Crippen LogP contribution < -0.4 is 11.1 Å². The monoisotopic (exact) mass is 277 g/mol. The van der Waals surface area contributed by atoms with Crippen molar-refractivity contribution in [3.8, 4) is 6.07 Å². The number of carbonyl (C=O) groups is 1. The maximum Gasteiger partial charge on any atom is 0.232 e. The van der Waals surface area contributed by atoms with Crippen LogP contribution in [0.1, 0.15) is 42.7 Å². The molecule has 1 aromatic heterocycles. The SMILES string of the molecule is CCC(C)(CN)C(=O)Nc1sc2c(c1C#N)CCC2. The van der Waals surface area contributed by atoms with Gasteiger partial charge in [0.15, 0.2) is 0 Å². The zero-order valence-corrected chi connectivity index (χ0v) is 12.2. The summed E-state index contributed by atoms with van der Waals surface area (Å²) in [4.78, 5) is 13.5. The van der Waals surface area contributed by atoms with Gasteiger partial charge in [0, 0.05) is 11.4 Å². The Morgan fingerprint density at radius 2 is 2.32 bits per heavy atom. The molecular weight excluding hydrogens is 258 g/mol. The van der Waals surface area contributed by atoms with Crippen LogP contribution >= 0.6 is 11.3 Å². The molecule has 102 valence electrons. The number of carbonyl (C=O) groups excluding carboxylic acids is 1. The number of fused-ring (bicyclic) bond motifs is 1. The van der Waals surface area contributed by atoms with E-state index in [-0.39, 0.29) is 5.91 Å². The molecule has 0 saturated carbocycles. The van der Waals surface area contributed by atoms with Crippen LogP contribution in [0.3, 0.4) is 0 Å². The third-order valence-electron chi connectivity index (χ3n) is 4.04. The van der Waals surface area contributed by atoms with Crippen LogP contribution in [0.5, 0.6) is 0 Å². The summed E-state index contributed by atoms with van der Waals surface area (Å²) in [6, 6.07) is 2.23. The molecule has 0 spiro atoms.